The smallest absolute Gasteiger partial charge is 0.338 e. The summed E-state index contributed by atoms with van der Waals surface area (Å²) in [5.41, 5.74) is 2.12. The molecule has 2 aromatic carbocycles. The van der Waals surface area contributed by atoms with Crippen LogP contribution >= 0.6 is 11.6 Å². The number of hydrogen-bond donors (Lipinski definition) is 3. The van der Waals surface area contributed by atoms with E-state index >= 15 is 0 Å². The van der Waals surface area contributed by atoms with Gasteiger partial charge in [-0.3, -0.25) is 10.1 Å². The number of aliphatic imine (C=N–C) groups is 1. The predicted octanol–water partition coefficient (Wildman–Crippen LogP) is 4.84. The summed E-state index contributed by atoms with van der Waals surface area (Å²) in [6.07, 6.45) is 1.38. The molecule has 0 fully saturated rings. The van der Waals surface area contributed by atoms with E-state index in [4.69, 9.17) is 25.5 Å². The van der Waals surface area contributed by atoms with E-state index in [1.807, 2.05) is 0 Å². The molecular weight excluding hydrogens is 543 g/mol. The summed E-state index contributed by atoms with van der Waals surface area (Å²) >= 11 is 6.59. The number of aromatic nitrogens is 2. The zero-order chi connectivity index (χ0) is 28.4. The average molecular weight is 565 g/mol. The number of fused-ring (bicyclic) bond motifs is 1. The zero-order valence-electron chi connectivity index (χ0n) is 21.4. The number of guanidine groups is 1. The Kier molecular flexibility index (Phi) is 7.34. The van der Waals surface area contributed by atoms with Crippen molar-refractivity contribution < 1.29 is 27.9 Å². The number of ether oxygens (including phenoxy) is 2. The Balaban J connectivity index is 1.49. The fourth-order valence-electron chi connectivity index (χ4n) is 4.10. The molecule has 3 heterocycles. The van der Waals surface area contributed by atoms with Gasteiger partial charge in [-0.05, 0) is 43.3 Å². The number of allylic oxidation sites excluding steroid dienone is 1. The molecule has 204 valence electrons. The molecule has 1 aliphatic rings. The molecule has 13 heteroatoms. The maximum Gasteiger partial charge on any atom is 0.338 e. The number of esters is 1. The van der Waals surface area contributed by atoms with Crippen molar-refractivity contribution in [1.29, 1.82) is 0 Å². The molecule has 0 bridgehead atoms. The number of pyridine rings is 1. The van der Waals surface area contributed by atoms with Crippen LogP contribution in [-0.2, 0) is 9.53 Å². The first-order valence-corrected chi connectivity index (χ1v) is 12.2. The van der Waals surface area contributed by atoms with Crippen molar-refractivity contribution >= 4 is 52.4 Å². The number of carbonyl (C=O) groups is 2. The lowest BCUT2D eigenvalue weighted by atomic mass is 9.95. The number of rotatable bonds is 6. The number of methoxy groups -OCH3 is 2. The number of hydrogen-bond acceptors (Lipinski definition) is 10. The number of nitrogens with zero attached hydrogens (tertiary/aromatic N) is 3. The molecule has 2 aromatic heterocycles. The first kappa shape index (κ1) is 26.6. The van der Waals surface area contributed by atoms with Crippen molar-refractivity contribution in [2.75, 3.05) is 24.9 Å². The van der Waals surface area contributed by atoms with Crippen molar-refractivity contribution in [2.45, 2.75) is 13.0 Å². The van der Waals surface area contributed by atoms with Crippen molar-refractivity contribution in [3.05, 3.63) is 88.0 Å². The lowest BCUT2D eigenvalue weighted by Crippen LogP contribution is -2.37. The van der Waals surface area contributed by atoms with Crippen LogP contribution in [0.25, 0.3) is 11.1 Å². The molecule has 1 amide bonds. The Hall–Kier alpha value is -4.97. The highest BCUT2D eigenvalue weighted by Crippen LogP contribution is 2.37. The highest BCUT2D eigenvalue weighted by molar-refractivity contribution is 6.31. The van der Waals surface area contributed by atoms with Crippen LogP contribution in [0.4, 0.5) is 16.2 Å². The first-order valence-electron chi connectivity index (χ1n) is 11.8. The number of amides is 1. The van der Waals surface area contributed by atoms with Gasteiger partial charge in [0.15, 0.2) is 5.58 Å². The van der Waals surface area contributed by atoms with Crippen LogP contribution in [-0.4, -0.2) is 42.0 Å². The second-order valence-corrected chi connectivity index (χ2v) is 8.97. The van der Waals surface area contributed by atoms with Crippen LogP contribution < -0.4 is 20.7 Å². The largest absolute Gasteiger partial charge is 0.497 e. The molecule has 40 heavy (non-hydrogen) atoms. The molecular formula is C27H22ClFN6O5. The first-order chi connectivity index (χ1) is 19.2. The topological polar surface area (TPSA) is 140 Å². The minimum Gasteiger partial charge on any atom is -0.497 e. The third-order valence-electron chi connectivity index (χ3n) is 5.99. The van der Waals surface area contributed by atoms with Gasteiger partial charge in [-0.25, -0.2) is 19.2 Å². The molecule has 0 spiro atoms. The van der Waals surface area contributed by atoms with Crippen molar-refractivity contribution in [3.63, 3.8) is 0 Å². The van der Waals surface area contributed by atoms with Crippen LogP contribution in [0.3, 0.4) is 0 Å². The minimum atomic E-state index is -0.882. The van der Waals surface area contributed by atoms with Crippen LogP contribution in [0, 0.1) is 5.82 Å². The lowest BCUT2D eigenvalue weighted by Gasteiger charge is -2.27. The van der Waals surface area contributed by atoms with E-state index in [2.05, 4.69) is 30.9 Å². The summed E-state index contributed by atoms with van der Waals surface area (Å²) in [6, 6.07) is 11.1. The summed E-state index contributed by atoms with van der Waals surface area (Å²) in [6.45, 7) is 1.69. The molecule has 0 saturated heterocycles. The molecule has 0 aliphatic carbocycles. The number of nitrogens with one attached hydrogen (secondary N) is 3. The monoisotopic (exact) mass is 564 g/mol. The van der Waals surface area contributed by atoms with Gasteiger partial charge in [0, 0.05) is 28.5 Å². The number of carbonyl (C=O) groups excluding carboxylic acids is 2. The molecule has 0 unspecified atom stereocenters. The summed E-state index contributed by atoms with van der Waals surface area (Å²) in [5, 5.41) is 9.00. The maximum atomic E-state index is 13.6. The van der Waals surface area contributed by atoms with Gasteiger partial charge in [-0.15, -0.1) is 0 Å². The van der Waals surface area contributed by atoms with Gasteiger partial charge in [0.25, 0.3) is 5.91 Å². The quantitative estimate of drug-likeness (QED) is 0.281. The van der Waals surface area contributed by atoms with Crippen molar-refractivity contribution in [1.82, 2.24) is 15.3 Å². The highest BCUT2D eigenvalue weighted by atomic mass is 35.5. The number of oxazole rings is 1. The molecule has 0 radical (unpaired) electrons. The highest BCUT2D eigenvalue weighted by Gasteiger charge is 2.31. The number of anilines is 2. The van der Waals surface area contributed by atoms with E-state index in [1.165, 1.54) is 50.7 Å². The van der Waals surface area contributed by atoms with Gasteiger partial charge >= 0.3 is 12.0 Å². The van der Waals surface area contributed by atoms with Gasteiger partial charge in [0.1, 0.15) is 28.9 Å². The van der Waals surface area contributed by atoms with Crippen LogP contribution in [0.2, 0.25) is 5.02 Å². The summed E-state index contributed by atoms with van der Waals surface area (Å²) < 4.78 is 29.2. The number of halogens is 2. The van der Waals surface area contributed by atoms with Gasteiger partial charge in [-0.2, -0.15) is 4.98 Å². The van der Waals surface area contributed by atoms with E-state index in [9.17, 15) is 14.0 Å². The van der Waals surface area contributed by atoms with Crippen molar-refractivity contribution in [2.24, 2.45) is 4.99 Å². The maximum absolute atomic E-state index is 13.6. The van der Waals surface area contributed by atoms with E-state index in [1.54, 1.807) is 25.1 Å². The predicted molar refractivity (Wildman–Crippen MR) is 146 cm³/mol. The Bertz CT molecular complexity index is 1700. The third kappa shape index (κ3) is 5.43. The summed E-state index contributed by atoms with van der Waals surface area (Å²) in [7, 11) is 2.77. The fourth-order valence-corrected chi connectivity index (χ4v) is 4.37. The van der Waals surface area contributed by atoms with Gasteiger partial charge in [-0.1, -0.05) is 17.7 Å². The summed E-state index contributed by atoms with van der Waals surface area (Å²) in [4.78, 5) is 38.6. The Morgan fingerprint density at radius 1 is 1.12 bits per heavy atom. The van der Waals surface area contributed by atoms with Gasteiger partial charge in [0.2, 0.25) is 5.96 Å². The SMILES string of the molecule is COC(=O)c1ccnc(NC(=O)C2=C(C)NC(Nc3nc4ccc(F)cc4o3)=N[C@@H]2c2ccc(OC)cc2Cl)c1. The Morgan fingerprint density at radius 3 is 2.70 bits per heavy atom. The molecule has 5 rings (SSSR count). The van der Waals surface area contributed by atoms with Crippen molar-refractivity contribution in [3.8, 4) is 5.75 Å². The van der Waals surface area contributed by atoms with Crippen LogP contribution in [0.15, 0.2) is 75.4 Å². The van der Waals surface area contributed by atoms with E-state index in [0.29, 0.717) is 27.5 Å². The molecule has 1 atom stereocenters. The Labute approximate surface area is 232 Å². The van der Waals surface area contributed by atoms with Gasteiger partial charge in [0.05, 0.1) is 25.4 Å². The van der Waals surface area contributed by atoms with Crippen LogP contribution in [0.1, 0.15) is 28.9 Å². The van der Waals surface area contributed by atoms with E-state index in [0.717, 1.165) is 0 Å². The molecule has 1 aliphatic heterocycles. The second-order valence-electron chi connectivity index (χ2n) is 8.56. The molecule has 0 saturated carbocycles. The normalized spacial score (nSPS) is 14.8. The third-order valence-corrected chi connectivity index (χ3v) is 6.31. The minimum absolute atomic E-state index is 0.0657. The second kappa shape index (κ2) is 11.0. The zero-order valence-corrected chi connectivity index (χ0v) is 22.2. The van der Waals surface area contributed by atoms with Gasteiger partial charge < -0.3 is 24.5 Å². The average Bonchev–Trinajstić information content (AvgIpc) is 3.33. The lowest BCUT2D eigenvalue weighted by molar-refractivity contribution is -0.113. The van der Waals surface area contributed by atoms with Crippen LogP contribution in [0.5, 0.6) is 5.75 Å². The molecule has 3 N–H and O–H groups in total. The summed E-state index contributed by atoms with van der Waals surface area (Å²) in [5.74, 6) is -0.685. The molecule has 11 nitrogen and oxygen atoms in total. The fraction of sp³-hybridized carbons (Fsp3) is 0.148. The Morgan fingerprint density at radius 2 is 1.95 bits per heavy atom. The van der Waals surface area contributed by atoms with E-state index < -0.39 is 23.7 Å². The standard InChI is InChI=1S/C27H22ClFN6O5/c1-13-22(24(36)33-21-10-14(8-9-30-21)25(37)39-3)23(17-6-5-16(38-2)12-18(17)28)34-26(31-13)35-27-32-19-7-4-15(29)11-20(19)40-27/h4-12,23H,1-3H3,(H,30,33,36)(H2,31,32,34,35)/t23-/m1/s1. The molecule has 4 aromatic rings. The van der Waals surface area contributed by atoms with E-state index in [-0.39, 0.29) is 34.5 Å². The number of benzene rings is 2.